The van der Waals surface area contributed by atoms with E-state index < -0.39 is 10.9 Å². The second-order valence-corrected chi connectivity index (χ2v) is 5.26. The number of anilines is 1. The summed E-state index contributed by atoms with van der Waals surface area (Å²) in [4.78, 5) is 21.3. The van der Waals surface area contributed by atoms with E-state index in [0.29, 0.717) is 0 Å². The van der Waals surface area contributed by atoms with Gasteiger partial charge in [-0.15, -0.1) is 0 Å². The molecule has 1 rings (SSSR count). The van der Waals surface area contributed by atoms with Crippen LogP contribution in [0.1, 0.15) is 17.3 Å². The standard InChI is InChI=1S/C12H16N2O5S/c1-7(11(6-15)20-2)13-10-5-8(14(18)19)3-4-9(10)12(16)17/h3-5,7,11,13,15H,6H2,1-2H3,(H,16,17). The molecule has 2 atom stereocenters. The third kappa shape index (κ3) is 3.84. The molecule has 3 N–H and O–H groups in total. The number of thioether (sulfide) groups is 1. The van der Waals surface area contributed by atoms with Gasteiger partial charge in [0.2, 0.25) is 0 Å². The van der Waals surface area contributed by atoms with Crippen LogP contribution >= 0.6 is 11.8 Å². The number of hydrogen-bond acceptors (Lipinski definition) is 6. The highest BCUT2D eigenvalue weighted by Gasteiger charge is 2.20. The molecule has 0 aliphatic carbocycles. The zero-order chi connectivity index (χ0) is 15.3. The molecular formula is C12H16N2O5S. The summed E-state index contributed by atoms with van der Waals surface area (Å²) >= 11 is 1.43. The largest absolute Gasteiger partial charge is 0.478 e. The van der Waals surface area contributed by atoms with Crippen LogP contribution in [0.2, 0.25) is 0 Å². The molecular weight excluding hydrogens is 284 g/mol. The lowest BCUT2D eigenvalue weighted by Gasteiger charge is -2.23. The first kappa shape index (κ1) is 16.3. The molecule has 0 radical (unpaired) electrons. The van der Waals surface area contributed by atoms with E-state index in [1.165, 1.54) is 23.9 Å². The number of aromatic carboxylic acids is 1. The van der Waals surface area contributed by atoms with Crippen molar-refractivity contribution in [1.82, 2.24) is 0 Å². The first-order chi connectivity index (χ1) is 9.40. The first-order valence-corrected chi connectivity index (χ1v) is 7.11. The Balaban J connectivity index is 3.10. The Hall–Kier alpha value is -1.80. The zero-order valence-corrected chi connectivity index (χ0v) is 11.9. The van der Waals surface area contributed by atoms with Crippen molar-refractivity contribution in [1.29, 1.82) is 0 Å². The van der Waals surface area contributed by atoms with Gasteiger partial charge in [0.05, 0.1) is 22.8 Å². The number of hydrogen-bond donors (Lipinski definition) is 3. The highest BCUT2D eigenvalue weighted by molar-refractivity contribution is 7.99. The van der Waals surface area contributed by atoms with Gasteiger partial charge >= 0.3 is 5.97 Å². The lowest BCUT2D eigenvalue weighted by Crippen LogP contribution is -2.31. The molecule has 0 saturated heterocycles. The van der Waals surface area contributed by atoms with Crippen molar-refractivity contribution >= 4 is 29.1 Å². The van der Waals surface area contributed by atoms with Gasteiger partial charge in [-0.25, -0.2) is 4.79 Å². The number of nitro groups is 1. The predicted molar refractivity (Wildman–Crippen MR) is 77.5 cm³/mol. The van der Waals surface area contributed by atoms with Gasteiger partial charge in [0.15, 0.2) is 0 Å². The molecule has 0 aliphatic heterocycles. The summed E-state index contributed by atoms with van der Waals surface area (Å²) in [7, 11) is 0. The van der Waals surface area contributed by atoms with E-state index in [1.54, 1.807) is 6.92 Å². The van der Waals surface area contributed by atoms with Crippen molar-refractivity contribution in [3.8, 4) is 0 Å². The maximum Gasteiger partial charge on any atom is 0.337 e. The van der Waals surface area contributed by atoms with Crippen LogP contribution in [0.3, 0.4) is 0 Å². The van der Waals surface area contributed by atoms with Crippen LogP contribution in [0.15, 0.2) is 18.2 Å². The molecule has 7 nitrogen and oxygen atoms in total. The fourth-order valence-corrected chi connectivity index (χ4v) is 2.35. The Labute approximate surface area is 120 Å². The van der Waals surface area contributed by atoms with Crippen LogP contribution in [-0.2, 0) is 0 Å². The molecule has 2 unspecified atom stereocenters. The average Bonchev–Trinajstić information content (AvgIpc) is 2.39. The Morgan fingerprint density at radius 1 is 1.55 bits per heavy atom. The number of nitrogens with one attached hydrogen (secondary N) is 1. The minimum Gasteiger partial charge on any atom is -0.478 e. The second kappa shape index (κ2) is 7.11. The van der Waals surface area contributed by atoms with Crippen LogP contribution in [0.4, 0.5) is 11.4 Å². The van der Waals surface area contributed by atoms with Crippen LogP contribution in [0.5, 0.6) is 0 Å². The number of non-ortho nitro benzene ring substituents is 1. The van der Waals surface area contributed by atoms with Crippen molar-refractivity contribution in [2.24, 2.45) is 0 Å². The summed E-state index contributed by atoms with van der Waals surface area (Å²) in [6.45, 7) is 1.70. The Morgan fingerprint density at radius 2 is 2.20 bits per heavy atom. The van der Waals surface area contributed by atoms with Crippen LogP contribution in [-0.4, -0.2) is 45.3 Å². The molecule has 1 aromatic carbocycles. The molecule has 0 heterocycles. The molecule has 0 bridgehead atoms. The van der Waals surface area contributed by atoms with Crippen LogP contribution < -0.4 is 5.32 Å². The van der Waals surface area contributed by atoms with Gasteiger partial charge in [0.1, 0.15) is 0 Å². The molecule has 0 aromatic heterocycles. The fourth-order valence-electron chi connectivity index (χ4n) is 1.73. The number of carboxylic acids is 1. The summed E-state index contributed by atoms with van der Waals surface area (Å²) in [5.74, 6) is -1.17. The highest BCUT2D eigenvalue weighted by Crippen LogP contribution is 2.25. The van der Waals surface area contributed by atoms with Gasteiger partial charge in [0, 0.05) is 23.4 Å². The Kier molecular flexibility index (Phi) is 5.78. The van der Waals surface area contributed by atoms with Crippen molar-refractivity contribution in [2.75, 3.05) is 18.2 Å². The topological polar surface area (TPSA) is 113 Å². The highest BCUT2D eigenvalue weighted by atomic mass is 32.2. The lowest BCUT2D eigenvalue weighted by atomic mass is 10.1. The molecule has 110 valence electrons. The molecule has 0 amide bonds. The van der Waals surface area contributed by atoms with E-state index in [1.807, 2.05) is 6.26 Å². The maximum atomic E-state index is 11.1. The number of aliphatic hydroxyl groups is 1. The fraction of sp³-hybridized carbons (Fsp3) is 0.417. The van der Waals surface area contributed by atoms with Crippen LogP contribution in [0, 0.1) is 10.1 Å². The van der Waals surface area contributed by atoms with E-state index in [4.69, 9.17) is 5.11 Å². The average molecular weight is 300 g/mol. The molecule has 0 fully saturated rings. The summed E-state index contributed by atoms with van der Waals surface area (Å²) < 4.78 is 0. The summed E-state index contributed by atoms with van der Waals surface area (Å²) in [6.07, 6.45) is 1.82. The second-order valence-electron chi connectivity index (χ2n) is 4.18. The van der Waals surface area contributed by atoms with Gasteiger partial charge in [-0.2, -0.15) is 11.8 Å². The quantitative estimate of drug-likeness (QED) is 0.520. The van der Waals surface area contributed by atoms with Crippen molar-refractivity contribution < 1.29 is 19.9 Å². The summed E-state index contributed by atoms with van der Waals surface area (Å²) in [5.41, 5.74) is -0.0543. The van der Waals surface area contributed by atoms with E-state index in [-0.39, 0.29) is 34.8 Å². The number of carboxylic acid groups (broad SMARTS) is 1. The Bertz CT molecular complexity index is 505. The van der Waals surface area contributed by atoms with Gasteiger partial charge < -0.3 is 15.5 Å². The maximum absolute atomic E-state index is 11.1. The number of benzene rings is 1. The van der Waals surface area contributed by atoms with E-state index in [0.717, 1.165) is 6.07 Å². The normalized spacial score (nSPS) is 13.6. The number of nitrogens with zero attached hydrogens (tertiary/aromatic N) is 1. The van der Waals surface area contributed by atoms with E-state index >= 15 is 0 Å². The van der Waals surface area contributed by atoms with E-state index in [9.17, 15) is 20.0 Å². The first-order valence-electron chi connectivity index (χ1n) is 5.82. The number of rotatable bonds is 7. The molecule has 20 heavy (non-hydrogen) atoms. The third-order valence-electron chi connectivity index (χ3n) is 2.87. The van der Waals surface area contributed by atoms with Crippen molar-refractivity contribution in [3.63, 3.8) is 0 Å². The monoisotopic (exact) mass is 300 g/mol. The number of nitro benzene ring substituents is 1. The van der Waals surface area contributed by atoms with E-state index in [2.05, 4.69) is 5.32 Å². The third-order valence-corrected chi connectivity index (χ3v) is 4.03. The van der Waals surface area contributed by atoms with Gasteiger partial charge in [-0.1, -0.05) is 0 Å². The number of aliphatic hydroxyl groups excluding tert-OH is 1. The molecule has 0 saturated carbocycles. The summed E-state index contributed by atoms with van der Waals surface area (Å²) in [6, 6.07) is 3.30. The predicted octanol–water partition coefficient (Wildman–Crippen LogP) is 1.82. The zero-order valence-electron chi connectivity index (χ0n) is 11.1. The molecule has 0 aliphatic rings. The lowest BCUT2D eigenvalue weighted by molar-refractivity contribution is -0.384. The Morgan fingerprint density at radius 3 is 2.65 bits per heavy atom. The van der Waals surface area contributed by atoms with Gasteiger partial charge in [-0.05, 0) is 19.2 Å². The molecule has 0 spiro atoms. The molecule has 8 heteroatoms. The smallest absolute Gasteiger partial charge is 0.337 e. The van der Waals surface area contributed by atoms with Crippen molar-refractivity contribution in [2.45, 2.75) is 18.2 Å². The minimum atomic E-state index is -1.17. The summed E-state index contributed by atoms with van der Waals surface area (Å²) in [5, 5.41) is 31.8. The minimum absolute atomic E-state index is 0.0414. The van der Waals surface area contributed by atoms with Gasteiger partial charge in [0.25, 0.3) is 5.69 Å². The van der Waals surface area contributed by atoms with Crippen LogP contribution in [0.25, 0.3) is 0 Å². The van der Waals surface area contributed by atoms with Crippen molar-refractivity contribution in [3.05, 3.63) is 33.9 Å². The molecule has 1 aromatic rings. The number of carbonyl (C=O) groups is 1. The SMILES string of the molecule is CSC(CO)C(C)Nc1cc([N+](=O)[O-])ccc1C(=O)O. The van der Waals surface area contributed by atoms with Gasteiger partial charge in [-0.3, -0.25) is 10.1 Å².